The molecule has 0 aliphatic heterocycles. The first-order valence-corrected chi connectivity index (χ1v) is 10.3. The normalized spacial score (nSPS) is 11.5. The zero-order valence-electron chi connectivity index (χ0n) is 16.4. The Morgan fingerprint density at radius 3 is 1.97 bits per heavy atom. The van der Waals surface area contributed by atoms with Crippen LogP contribution < -0.4 is 20.1 Å². The van der Waals surface area contributed by atoms with Crippen molar-refractivity contribution < 1.29 is 19.7 Å². The molecule has 0 bridgehead atoms. The Morgan fingerprint density at radius 1 is 0.900 bits per heavy atom. The molecule has 9 heteroatoms. The molecule has 0 radical (unpaired) electrons. The number of phenolic OH excluding ortho intramolecular Hbond substituents is 2. The van der Waals surface area contributed by atoms with Crippen molar-refractivity contribution in [2.75, 3.05) is 20.9 Å². The molecule has 2 aromatic rings. The largest absolute Gasteiger partial charge is 0.507 e. The summed E-state index contributed by atoms with van der Waals surface area (Å²) >= 11 is 0. The summed E-state index contributed by atoms with van der Waals surface area (Å²) in [5, 5.41) is 60.2. The van der Waals surface area contributed by atoms with Crippen LogP contribution in [0.2, 0.25) is 0 Å². The van der Waals surface area contributed by atoms with Gasteiger partial charge in [-0.05, 0) is 38.9 Å². The summed E-state index contributed by atoms with van der Waals surface area (Å²) in [5.41, 5.74) is -2.40. The third kappa shape index (κ3) is 3.42. The highest BCUT2D eigenvalue weighted by Gasteiger charge is 2.46. The lowest BCUT2D eigenvalue weighted by Crippen LogP contribution is -2.32. The number of rotatable bonds is 6. The van der Waals surface area contributed by atoms with Gasteiger partial charge in [0.25, 0.3) is 0 Å². The molecule has 0 amide bonds. The number of hydrogen-bond donors (Lipinski definition) is 2. The molecule has 8 nitrogen and oxygen atoms in total. The molecule has 0 spiro atoms. The van der Waals surface area contributed by atoms with Crippen LogP contribution in [0, 0.1) is 51.2 Å². The monoisotopic (exact) mass is 420 g/mol. The molecule has 0 aromatic heterocycles. The van der Waals surface area contributed by atoms with Gasteiger partial charge in [0.2, 0.25) is 5.41 Å². The van der Waals surface area contributed by atoms with Gasteiger partial charge in [-0.2, -0.15) is 21.0 Å². The van der Waals surface area contributed by atoms with Crippen molar-refractivity contribution in [2.45, 2.75) is 5.41 Å². The fourth-order valence-corrected chi connectivity index (χ4v) is 5.22. The average molecular weight is 420 g/mol. The molecule has 0 fully saturated rings. The summed E-state index contributed by atoms with van der Waals surface area (Å²) in [6.07, 6.45) is 0. The molecule has 150 valence electrons. The maximum Gasteiger partial charge on any atom is 0.200 e. The minimum atomic E-state index is -2.21. The standard InChI is InChI=1S/C21H17N4O4P/c1-28-16-6-4-5-15(26)19(16)30(3)20-17(29-2)8-7-14(18(20)27)21(11-24,12-25)13(9-22)10-23/h4-8,13,26-27H,1-3H3. The summed E-state index contributed by atoms with van der Waals surface area (Å²) in [5.74, 6) is -1.51. The SMILES string of the molecule is COc1cccc(O)c1P(C)c1c(OC)ccc(C(C#N)(C#N)C(C#N)C#N)c1O. The van der Waals surface area contributed by atoms with Gasteiger partial charge in [0.05, 0.1) is 49.1 Å². The van der Waals surface area contributed by atoms with Crippen LogP contribution in [-0.2, 0) is 5.41 Å². The van der Waals surface area contributed by atoms with Crippen molar-refractivity contribution in [3.05, 3.63) is 35.9 Å². The summed E-state index contributed by atoms with van der Waals surface area (Å²) in [6.45, 7) is 1.74. The van der Waals surface area contributed by atoms with E-state index in [0.29, 0.717) is 11.1 Å². The molecule has 0 aliphatic carbocycles. The molecular weight excluding hydrogens is 403 g/mol. The molecule has 30 heavy (non-hydrogen) atoms. The highest BCUT2D eigenvalue weighted by atomic mass is 31.1. The van der Waals surface area contributed by atoms with E-state index in [1.54, 1.807) is 43.1 Å². The molecule has 0 saturated carbocycles. The molecule has 1 atom stereocenters. The Hall–Kier alpha value is -3.97. The van der Waals surface area contributed by atoms with E-state index in [1.165, 1.54) is 32.4 Å². The molecule has 2 rings (SSSR count). The van der Waals surface area contributed by atoms with Crippen LogP contribution in [0.15, 0.2) is 30.3 Å². The predicted molar refractivity (Wildman–Crippen MR) is 109 cm³/mol. The number of ether oxygens (including phenoxy) is 2. The molecular formula is C21H17N4O4P. The number of methoxy groups -OCH3 is 2. The second-order valence-electron chi connectivity index (χ2n) is 6.12. The first kappa shape index (κ1) is 22.3. The van der Waals surface area contributed by atoms with Crippen molar-refractivity contribution >= 4 is 18.5 Å². The Morgan fingerprint density at radius 2 is 1.47 bits per heavy atom. The van der Waals surface area contributed by atoms with Crippen molar-refractivity contribution in [3.8, 4) is 47.3 Å². The van der Waals surface area contributed by atoms with Gasteiger partial charge in [0.15, 0.2) is 5.92 Å². The van der Waals surface area contributed by atoms with Crippen molar-refractivity contribution in [3.63, 3.8) is 0 Å². The van der Waals surface area contributed by atoms with Gasteiger partial charge < -0.3 is 19.7 Å². The van der Waals surface area contributed by atoms with Crippen molar-refractivity contribution in [1.29, 1.82) is 21.0 Å². The van der Waals surface area contributed by atoms with E-state index in [4.69, 9.17) is 9.47 Å². The summed E-state index contributed by atoms with van der Waals surface area (Å²) in [7, 11) is 1.33. The van der Waals surface area contributed by atoms with Gasteiger partial charge in [-0.15, -0.1) is 0 Å². The topological polar surface area (TPSA) is 154 Å². The van der Waals surface area contributed by atoms with E-state index in [1.807, 2.05) is 0 Å². The van der Waals surface area contributed by atoms with Crippen LogP contribution in [0.1, 0.15) is 5.56 Å². The van der Waals surface area contributed by atoms with Crippen LogP contribution in [0.25, 0.3) is 0 Å². The number of hydrogen-bond acceptors (Lipinski definition) is 8. The second kappa shape index (κ2) is 9.02. The van der Waals surface area contributed by atoms with Crippen LogP contribution in [0.5, 0.6) is 23.0 Å². The highest BCUT2D eigenvalue weighted by molar-refractivity contribution is 7.73. The number of aromatic hydroxyl groups is 2. The van der Waals surface area contributed by atoms with Crippen molar-refractivity contribution in [1.82, 2.24) is 0 Å². The van der Waals surface area contributed by atoms with Crippen LogP contribution in [0.3, 0.4) is 0 Å². The van der Waals surface area contributed by atoms with E-state index in [0.717, 1.165) is 0 Å². The molecule has 2 aromatic carbocycles. The Bertz CT molecular complexity index is 1110. The third-order valence-corrected chi connectivity index (χ3v) is 6.89. The average Bonchev–Trinajstić information content (AvgIpc) is 2.76. The fourth-order valence-electron chi connectivity index (χ4n) is 3.15. The fraction of sp³-hybridized carbons (Fsp3) is 0.238. The molecule has 0 saturated heterocycles. The predicted octanol–water partition coefficient (Wildman–Crippen LogP) is 2.13. The van der Waals surface area contributed by atoms with Gasteiger partial charge in [-0.3, -0.25) is 0 Å². The third-order valence-electron chi connectivity index (χ3n) is 4.67. The lowest BCUT2D eigenvalue weighted by molar-refractivity contribution is 0.409. The van der Waals surface area contributed by atoms with E-state index >= 15 is 0 Å². The van der Waals surface area contributed by atoms with Gasteiger partial charge >= 0.3 is 0 Å². The van der Waals surface area contributed by atoms with E-state index in [2.05, 4.69) is 0 Å². The lowest BCUT2D eigenvalue weighted by atomic mass is 9.73. The Labute approximate surface area is 175 Å². The number of benzene rings is 2. The zero-order chi connectivity index (χ0) is 22.5. The van der Waals surface area contributed by atoms with E-state index in [-0.39, 0.29) is 22.4 Å². The van der Waals surface area contributed by atoms with Crippen LogP contribution in [0.4, 0.5) is 0 Å². The zero-order valence-corrected chi connectivity index (χ0v) is 17.3. The van der Waals surface area contributed by atoms with E-state index < -0.39 is 25.0 Å². The highest BCUT2D eigenvalue weighted by Crippen LogP contribution is 2.46. The second-order valence-corrected chi connectivity index (χ2v) is 8.13. The maximum atomic E-state index is 11.1. The van der Waals surface area contributed by atoms with E-state index in [9.17, 15) is 31.3 Å². The maximum absolute atomic E-state index is 11.1. The van der Waals surface area contributed by atoms with Gasteiger partial charge in [0.1, 0.15) is 23.0 Å². The van der Waals surface area contributed by atoms with Crippen LogP contribution >= 0.6 is 7.92 Å². The van der Waals surface area contributed by atoms with Crippen LogP contribution in [-0.4, -0.2) is 31.1 Å². The van der Waals surface area contributed by atoms with Crippen molar-refractivity contribution in [2.24, 2.45) is 5.92 Å². The number of nitriles is 4. The molecule has 1 unspecified atom stereocenters. The Kier molecular flexibility index (Phi) is 6.71. The van der Waals surface area contributed by atoms with Gasteiger partial charge in [-0.25, -0.2) is 0 Å². The summed E-state index contributed by atoms with van der Waals surface area (Å²) in [6, 6.07) is 14.2. The Balaban J connectivity index is 2.88. The lowest BCUT2D eigenvalue weighted by Gasteiger charge is -2.26. The summed E-state index contributed by atoms with van der Waals surface area (Å²) in [4.78, 5) is 0. The first-order chi connectivity index (χ1) is 14.4. The minimum Gasteiger partial charge on any atom is -0.507 e. The summed E-state index contributed by atoms with van der Waals surface area (Å²) < 4.78 is 10.7. The number of phenols is 2. The quantitative estimate of drug-likeness (QED) is 0.674. The number of nitrogens with zero attached hydrogens (tertiary/aromatic N) is 4. The first-order valence-electron chi connectivity index (χ1n) is 8.48. The van der Waals surface area contributed by atoms with Gasteiger partial charge in [0, 0.05) is 5.56 Å². The van der Waals surface area contributed by atoms with Gasteiger partial charge in [-0.1, -0.05) is 6.07 Å². The molecule has 0 heterocycles. The smallest absolute Gasteiger partial charge is 0.200 e. The molecule has 2 N–H and O–H groups in total. The molecule has 0 aliphatic rings. The minimum absolute atomic E-state index is 0.0615.